The molecule has 0 unspecified atom stereocenters. The second-order valence-electron chi connectivity index (χ2n) is 3.53. The van der Waals surface area contributed by atoms with Gasteiger partial charge in [-0.2, -0.15) is 0 Å². The van der Waals surface area contributed by atoms with Crippen LogP contribution >= 0.6 is 15.9 Å². The third kappa shape index (κ3) is 2.15. The molecule has 0 radical (unpaired) electrons. The largest absolute Gasteiger partial charge is 0.469 e. The van der Waals surface area contributed by atoms with E-state index >= 15 is 0 Å². The maximum atomic E-state index is 5.30. The summed E-state index contributed by atoms with van der Waals surface area (Å²) in [6.45, 7) is 2.00. The maximum absolute atomic E-state index is 5.30. The van der Waals surface area contributed by atoms with E-state index in [2.05, 4.69) is 25.5 Å². The Hall–Kier alpha value is -1.03. The second kappa shape index (κ2) is 4.23. The zero-order valence-electron chi connectivity index (χ0n) is 8.83. The van der Waals surface area contributed by atoms with Gasteiger partial charge < -0.3 is 8.98 Å². The lowest BCUT2D eigenvalue weighted by molar-refractivity contribution is 0.506. The topological polar surface area (TPSA) is 31.0 Å². The van der Waals surface area contributed by atoms with Gasteiger partial charge in [-0.25, -0.2) is 4.98 Å². The molecule has 2 rings (SSSR count). The fourth-order valence-electron chi connectivity index (χ4n) is 1.58. The number of aromatic nitrogens is 2. The highest BCUT2D eigenvalue weighted by molar-refractivity contribution is 9.10. The number of halogens is 1. The Morgan fingerprint density at radius 2 is 2.27 bits per heavy atom. The van der Waals surface area contributed by atoms with Crippen LogP contribution in [0.2, 0.25) is 0 Å². The normalized spacial score (nSPS) is 10.9. The van der Waals surface area contributed by atoms with Gasteiger partial charge in [-0.1, -0.05) is 0 Å². The van der Waals surface area contributed by atoms with E-state index < -0.39 is 0 Å². The molecule has 0 atom stereocenters. The van der Waals surface area contributed by atoms with Gasteiger partial charge in [-0.15, -0.1) is 0 Å². The molecule has 0 fully saturated rings. The van der Waals surface area contributed by atoms with Gasteiger partial charge in [0, 0.05) is 13.5 Å². The highest BCUT2D eigenvalue weighted by Gasteiger charge is 2.10. The molecular formula is C11H13BrN2O. The number of hydrogen-bond acceptors (Lipinski definition) is 2. The summed E-state index contributed by atoms with van der Waals surface area (Å²) < 4.78 is 8.34. The van der Waals surface area contributed by atoms with E-state index in [-0.39, 0.29) is 0 Å². The van der Waals surface area contributed by atoms with E-state index in [9.17, 15) is 0 Å². The van der Waals surface area contributed by atoms with Crippen molar-refractivity contribution >= 4 is 15.9 Å². The van der Waals surface area contributed by atoms with Gasteiger partial charge >= 0.3 is 0 Å². The number of rotatable bonds is 3. The molecule has 0 aliphatic heterocycles. The van der Waals surface area contributed by atoms with E-state index in [4.69, 9.17) is 4.42 Å². The van der Waals surface area contributed by atoms with E-state index in [0.29, 0.717) is 0 Å². The van der Waals surface area contributed by atoms with Crippen molar-refractivity contribution in [1.82, 2.24) is 9.55 Å². The van der Waals surface area contributed by atoms with Crippen LogP contribution in [0.3, 0.4) is 0 Å². The van der Waals surface area contributed by atoms with Crippen molar-refractivity contribution in [2.24, 2.45) is 7.05 Å². The summed E-state index contributed by atoms with van der Waals surface area (Å²) >= 11 is 3.47. The van der Waals surface area contributed by atoms with Crippen LogP contribution in [0.4, 0.5) is 0 Å². The predicted octanol–water partition coefficient (Wildman–Crippen LogP) is 2.87. The summed E-state index contributed by atoms with van der Waals surface area (Å²) in [6.07, 6.45) is 3.55. The Bertz CT molecular complexity index is 445. The van der Waals surface area contributed by atoms with Crippen LogP contribution in [0.25, 0.3) is 0 Å². The van der Waals surface area contributed by atoms with Gasteiger partial charge in [0.2, 0.25) is 0 Å². The monoisotopic (exact) mass is 268 g/mol. The molecule has 0 aromatic carbocycles. The standard InChI is InChI=1S/C11H13BrN2O/c1-8-13-11(12)10(14(8)2)6-5-9-4-3-7-15-9/h3-4,7H,5-6H2,1-2H3. The maximum Gasteiger partial charge on any atom is 0.127 e. The lowest BCUT2D eigenvalue weighted by Gasteiger charge is -2.02. The van der Waals surface area contributed by atoms with Crippen LogP contribution in [-0.2, 0) is 19.9 Å². The van der Waals surface area contributed by atoms with Crippen LogP contribution in [0.5, 0.6) is 0 Å². The van der Waals surface area contributed by atoms with Crippen molar-refractivity contribution in [3.05, 3.63) is 40.3 Å². The molecule has 0 aliphatic rings. The van der Waals surface area contributed by atoms with E-state index in [1.165, 1.54) is 5.69 Å². The summed E-state index contributed by atoms with van der Waals surface area (Å²) in [5.74, 6) is 2.04. The number of imidazole rings is 1. The fourth-order valence-corrected chi connectivity index (χ4v) is 2.30. The molecular weight excluding hydrogens is 256 g/mol. The molecule has 3 nitrogen and oxygen atoms in total. The highest BCUT2D eigenvalue weighted by Crippen LogP contribution is 2.18. The van der Waals surface area contributed by atoms with Gasteiger partial charge in [0.05, 0.1) is 12.0 Å². The lowest BCUT2D eigenvalue weighted by atomic mass is 10.2. The van der Waals surface area contributed by atoms with Gasteiger partial charge in [-0.05, 0) is 41.4 Å². The Kier molecular flexibility index (Phi) is 2.95. The number of nitrogens with zero attached hydrogens (tertiary/aromatic N) is 2. The fraction of sp³-hybridized carbons (Fsp3) is 0.364. The van der Waals surface area contributed by atoms with Crippen molar-refractivity contribution < 1.29 is 4.42 Å². The molecule has 0 saturated carbocycles. The quantitative estimate of drug-likeness (QED) is 0.857. The molecule has 0 N–H and O–H groups in total. The summed E-state index contributed by atoms with van der Waals surface area (Å²) in [5, 5.41) is 0. The molecule has 0 saturated heterocycles. The molecule has 0 aliphatic carbocycles. The zero-order chi connectivity index (χ0) is 10.8. The van der Waals surface area contributed by atoms with Crippen LogP contribution in [-0.4, -0.2) is 9.55 Å². The first-order valence-electron chi connectivity index (χ1n) is 4.88. The van der Waals surface area contributed by atoms with E-state index in [1.54, 1.807) is 6.26 Å². The predicted molar refractivity (Wildman–Crippen MR) is 61.8 cm³/mol. The minimum absolute atomic E-state index is 0.907. The van der Waals surface area contributed by atoms with E-state index in [1.807, 2.05) is 26.1 Å². The molecule has 80 valence electrons. The van der Waals surface area contributed by atoms with Crippen molar-refractivity contribution in [3.63, 3.8) is 0 Å². The Labute approximate surface area is 97.2 Å². The molecule has 2 aromatic rings. The molecule has 0 spiro atoms. The SMILES string of the molecule is Cc1nc(Br)c(CCc2ccco2)n1C. The third-order valence-corrected chi connectivity index (χ3v) is 3.21. The van der Waals surface area contributed by atoms with Gasteiger partial charge in [0.1, 0.15) is 16.2 Å². The first-order chi connectivity index (χ1) is 7.18. The third-order valence-electron chi connectivity index (χ3n) is 2.58. The van der Waals surface area contributed by atoms with Crippen molar-refractivity contribution in [3.8, 4) is 0 Å². The average molecular weight is 269 g/mol. The summed E-state index contributed by atoms with van der Waals surface area (Å²) in [4.78, 5) is 4.36. The zero-order valence-corrected chi connectivity index (χ0v) is 10.4. The van der Waals surface area contributed by atoms with Gasteiger partial charge in [0.15, 0.2) is 0 Å². The smallest absolute Gasteiger partial charge is 0.127 e. The average Bonchev–Trinajstić information content (AvgIpc) is 2.76. The minimum Gasteiger partial charge on any atom is -0.469 e. The van der Waals surface area contributed by atoms with E-state index in [0.717, 1.165) is 29.0 Å². The van der Waals surface area contributed by atoms with Crippen molar-refractivity contribution in [1.29, 1.82) is 0 Å². The van der Waals surface area contributed by atoms with Crippen molar-refractivity contribution in [2.45, 2.75) is 19.8 Å². The molecule has 15 heavy (non-hydrogen) atoms. The van der Waals surface area contributed by atoms with Gasteiger partial charge in [-0.3, -0.25) is 0 Å². The molecule has 2 aromatic heterocycles. The first kappa shape index (κ1) is 10.5. The first-order valence-corrected chi connectivity index (χ1v) is 5.68. The van der Waals surface area contributed by atoms with Crippen LogP contribution in [0.15, 0.2) is 27.4 Å². The molecule has 2 heterocycles. The van der Waals surface area contributed by atoms with Crippen molar-refractivity contribution in [2.75, 3.05) is 0 Å². The lowest BCUT2D eigenvalue weighted by Crippen LogP contribution is -2.00. The Morgan fingerprint density at radius 3 is 2.80 bits per heavy atom. The summed E-state index contributed by atoms with van der Waals surface area (Å²) in [5.41, 5.74) is 1.21. The van der Waals surface area contributed by atoms with Crippen LogP contribution < -0.4 is 0 Å². The molecule has 0 bridgehead atoms. The van der Waals surface area contributed by atoms with Crippen LogP contribution in [0.1, 0.15) is 17.3 Å². The summed E-state index contributed by atoms with van der Waals surface area (Å²) in [7, 11) is 2.03. The Morgan fingerprint density at radius 1 is 1.47 bits per heavy atom. The van der Waals surface area contributed by atoms with Gasteiger partial charge in [0.25, 0.3) is 0 Å². The minimum atomic E-state index is 0.907. The summed E-state index contributed by atoms with van der Waals surface area (Å²) in [6, 6.07) is 3.91. The Balaban J connectivity index is 2.11. The molecule has 4 heteroatoms. The number of hydrogen-bond donors (Lipinski definition) is 0. The van der Waals surface area contributed by atoms with Crippen LogP contribution in [0, 0.1) is 6.92 Å². The second-order valence-corrected chi connectivity index (χ2v) is 4.29. The molecule has 0 amide bonds. The number of furan rings is 1. The highest BCUT2D eigenvalue weighted by atomic mass is 79.9. The number of aryl methyl sites for hydroxylation is 2.